The lowest BCUT2D eigenvalue weighted by atomic mass is 9.94. The van der Waals surface area contributed by atoms with Crippen LogP contribution in [0, 0.1) is 6.92 Å². The summed E-state index contributed by atoms with van der Waals surface area (Å²) in [7, 11) is 5.72. The summed E-state index contributed by atoms with van der Waals surface area (Å²) < 4.78 is 11.0. The zero-order valence-electron chi connectivity index (χ0n) is 14.2. The lowest BCUT2D eigenvalue weighted by Gasteiger charge is -2.13. The number of aryl methyl sites for hydroxylation is 1. The molecule has 1 heterocycles. The number of benzene rings is 2. The predicted octanol–water partition coefficient (Wildman–Crippen LogP) is 3.29. The number of carbonyl (C=O) groups excluding carboxylic acids is 1. The largest absolute Gasteiger partial charge is 0.458 e. The van der Waals surface area contributed by atoms with Crippen LogP contribution in [-0.4, -0.2) is 19.0 Å². The molecule has 0 saturated carbocycles. The Kier molecular flexibility index (Phi) is 5.03. The summed E-state index contributed by atoms with van der Waals surface area (Å²) in [6.45, 7) is 3.67. The summed E-state index contributed by atoms with van der Waals surface area (Å²) in [6, 6.07) is 16.9. The van der Waals surface area contributed by atoms with Gasteiger partial charge in [-0.15, -0.1) is 0 Å². The first-order valence-electron chi connectivity index (χ1n) is 8.10. The van der Waals surface area contributed by atoms with Crippen LogP contribution >= 0.6 is 0 Å². The molecule has 2 aromatic carbocycles. The second kappa shape index (κ2) is 7.39. The van der Waals surface area contributed by atoms with Crippen LogP contribution in [0.25, 0.3) is 11.3 Å². The van der Waals surface area contributed by atoms with E-state index in [9.17, 15) is 4.79 Å². The van der Waals surface area contributed by atoms with Gasteiger partial charge in [-0.25, -0.2) is 0 Å². The van der Waals surface area contributed by atoms with Gasteiger partial charge in [0.25, 0.3) is 0 Å². The second-order valence-electron chi connectivity index (χ2n) is 5.92. The van der Waals surface area contributed by atoms with E-state index in [1.54, 1.807) is 12.1 Å². The Morgan fingerprint density at radius 1 is 1.16 bits per heavy atom. The van der Waals surface area contributed by atoms with Crippen molar-refractivity contribution in [1.82, 2.24) is 5.16 Å². The van der Waals surface area contributed by atoms with Gasteiger partial charge in [-0.05, 0) is 19.4 Å². The Bertz CT molecular complexity index is 856. The van der Waals surface area contributed by atoms with Crippen LogP contribution in [0.1, 0.15) is 29.8 Å². The Morgan fingerprint density at radius 2 is 1.84 bits per heavy atom. The van der Waals surface area contributed by atoms with E-state index in [4.69, 9.17) is 17.1 Å². The van der Waals surface area contributed by atoms with E-state index in [2.05, 4.69) is 5.16 Å². The van der Waals surface area contributed by atoms with E-state index in [-0.39, 0.29) is 18.5 Å². The maximum absolute atomic E-state index is 12.4. The van der Waals surface area contributed by atoms with E-state index in [0.717, 1.165) is 16.7 Å². The monoisotopic (exact) mass is 331 g/mol. The lowest BCUT2D eigenvalue weighted by Crippen LogP contribution is -2.12. The topological polar surface area (TPSA) is 52.3 Å². The van der Waals surface area contributed by atoms with Gasteiger partial charge in [0.2, 0.25) is 0 Å². The first kappa shape index (κ1) is 17.0. The second-order valence-corrected chi connectivity index (χ2v) is 5.92. The first-order chi connectivity index (χ1) is 12.0. The molecule has 3 aromatic rings. The highest BCUT2D eigenvalue weighted by Crippen LogP contribution is 2.27. The Balaban J connectivity index is 1.75. The SMILES string of the molecule is [B]c1ccc(-c2onc(C)c2CC(=O)O[C@H](C)c2ccccc2)cc1. The smallest absolute Gasteiger partial charge is 0.311 e. The number of rotatable bonds is 5. The summed E-state index contributed by atoms with van der Waals surface area (Å²) in [5.41, 5.74) is 3.86. The molecule has 25 heavy (non-hydrogen) atoms. The number of carbonyl (C=O) groups is 1. The van der Waals surface area contributed by atoms with Crippen LogP contribution in [0.2, 0.25) is 0 Å². The van der Waals surface area contributed by atoms with Crippen LogP contribution in [0.15, 0.2) is 59.1 Å². The molecule has 0 bridgehead atoms. The molecule has 4 nitrogen and oxygen atoms in total. The molecule has 0 aliphatic heterocycles. The molecule has 3 rings (SSSR count). The fraction of sp³-hybridized carbons (Fsp3) is 0.200. The average molecular weight is 331 g/mol. The van der Waals surface area contributed by atoms with Crippen molar-refractivity contribution in [3.05, 3.63) is 71.4 Å². The van der Waals surface area contributed by atoms with Crippen LogP contribution < -0.4 is 5.46 Å². The van der Waals surface area contributed by atoms with Crippen molar-refractivity contribution in [3.8, 4) is 11.3 Å². The number of hydrogen-bond donors (Lipinski definition) is 0. The predicted molar refractivity (Wildman–Crippen MR) is 96.7 cm³/mol. The van der Waals surface area contributed by atoms with Gasteiger partial charge < -0.3 is 9.26 Å². The van der Waals surface area contributed by atoms with E-state index < -0.39 is 0 Å². The Morgan fingerprint density at radius 3 is 2.52 bits per heavy atom. The summed E-state index contributed by atoms with van der Waals surface area (Å²) >= 11 is 0. The zero-order valence-corrected chi connectivity index (χ0v) is 14.2. The summed E-state index contributed by atoms with van der Waals surface area (Å²) in [4.78, 5) is 12.4. The molecular weight excluding hydrogens is 313 g/mol. The standard InChI is InChI=1S/C20H18BNO3/c1-13-18(20(25-22-13)16-8-10-17(21)11-9-16)12-19(23)24-14(2)15-6-4-3-5-7-15/h3-11,14H,12H2,1-2H3/t14-/m1/s1. The normalized spacial score (nSPS) is 11.9. The van der Waals surface area contributed by atoms with E-state index in [1.807, 2.05) is 56.3 Å². The van der Waals surface area contributed by atoms with Crippen LogP contribution in [0.3, 0.4) is 0 Å². The maximum atomic E-state index is 12.4. The molecule has 124 valence electrons. The third-order valence-corrected chi connectivity index (χ3v) is 4.06. The fourth-order valence-electron chi connectivity index (χ4n) is 2.63. The van der Waals surface area contributed by atoms with Crippen molar-refractivity contribution in [3.63, 3.8) is 0 Å². The molecule has 0 aliphatic carbocycles. The fourth-order valence-corrected chi connectivity index (χ4v) is 2.63. The highest BCUT2D eigenvalue weighted by atomic mass is 16.5. The van der Waals surface area contributed by atoms with Gasteiger partial charge in [-0.3, -0.25) is 4.79 Å². The van der Waals surface area contributed by atoms with Gasteiger partial charge in [0, 0.05) is 11.1 Å². The summed E-state index contributed by atoms with van der Waals surface area (Å²) in [6.07, 6.45) is -0.208. The molecule has 0 N–H and O–H groups in total. The van der Waals surface area contributed by atoms with Crippen LogP contribution in [0.4, 0.5) is 0 Å². The third-order valence-electron chi connectivity index (χ3n) is 4.06. The van der Waals surface area contributed by atoms with Crippen molar-refractivity contribution in [2.45, 2.75) is 26.4 Å². The number of aromatic nitrogens is 1. The van der Waals surface area contributed by atoms with Crippen molar-refractivity contribution in [1.29, 1.82) is 0 Å². The summed E-state index contributed by atoms with van der Waals surface area (Å²) in [5.74, 6) is 0.251. The Hall–Kier alpha value is -2.82. The quantitative estimate of drug-likeness (QED) is 0.532. The molecule has 1 aromatic heterocycles. The van der Waals surface area contributed by atoms with Gasteiger partial charge in [-0.1, -0.05) is 65.2 Å². The minimum absolute atomic E-state index is 0.103. The maximum Gasteiger partial charge on any atom is 0.311 e. The van der Waals surface area contributed by atoms with Gasteiger partial charge in [-0.2, -0.15) is 0 Å². The van der Waals surface area contributed by atoms with Crippen LogP contribution in [-0.2, 0) is 16.0 Å². The molecule has 0 fully saturated rings. The molecule has 2 radical (unpaired) electrons. The number of ether oxygens (including phenoxy) is 1. The minimum atomic E-state index is -0.320. The van der Waals surface area contributed by atoms with E-state index in [0.29, 0.717) is 16.9 Å². The van der Waals surface area contributed by atoms with Gasteiger partial charge in [0.05, 0.1) is 12.1 Å². The van der Waals surface area contributed by atoms with Crippen LogP contribution in [0.5, 0.6) is 0 Å². The summed E-state index contributed by atoms with van der Waals surface area (Å²) in [5, 5.41) is 3.99. The highest BCUT2D eigenvalue weighted by Gasteiger charge is 2.20. The number of esters is 1. The highest BCUT2D eigenvalue weighted by molar-refractivity contribution is 6.32. The van der Waals surface area contributed by atoms with Crippen molar-refractivity contribution < 1.29 is 14.1 Å². The Labute approximate surface area is 148 Å². The average Bonchev–Trinajstić information content (AvgIpc) is 2.97. The van der Waals surface area contributed by atoms with Gasteiger partial charge in [0.15, 0.2) is 5.76 Å². The molecule has 1 atom stereocenters. The lowest BCUT2D eigenvalue weighted by molar-refractivity contribution is -0.147. The molecule has 0 aliphatic rings. The molecule has 5 heteroatoms. The molecule has 0 spiro atoms. The molecular formula is C20H18BNO3. The van der Waals surface area contributed by atoms with Gasteiger partial charge in [0.1, 0.15) is 14.0 Å². The number of hydrogen-bond acceptors (Lipinski definition) is 4. The molecule has 0 unspecified atom stereocenters. The molecule has 0 amide bonds. The van der Waals surface area contributed by atoms with E-state index in [1.165, 1.54) is 0 Å². The third kappa shape index (κ3) is 3.99. The zero-order chi connectivity index (χ0) is 17.8. The van der Waals surface area contributed by atoms with Crippen molar-refractivity contribution in [2.75, 3.05) is 0 Å². The molecule has 0 saturated heterocycles. The number of nitrogens with zero attached hydrogens (tertiary/aromatic N) is 1. The van der Waals surface area contributed by atoms with E-state index >= 15 is 0 Å². The first-order valence-corrected chi connectivity index (χ1v) is 8.10. The van der Waals surface area contributed by atoms with Crippen molar-refractivity contribution in [2.24, 2.45) is 0 Å². The van der Waals surface area contributed by atoms with Crippen molar-refractivity contribution >= 4 is 19.3 Å². The van der Waals surface area contributed by atoms with Gasteiger partial charge >= 0.3 is 5.97 Å². The minimum Gasteiger partial charge on any atom is -0.458 e.